The summed E-state index contributed by atoms with van der Waals surface area (Å²) in [5.74, 6) is 0.108. The number of hydrogen-bond donors (Lipinski definition) is 0. The molecule has 32 heavy (non-hydrogen) atoms. The summed E-state index contributed by atoms with van der Waals surface area (Å²) in [6, 6.07) is 15.9. The van der Waals surface area contributed by atoms with Crippen molar-refractivity contribution in [2.45, 2.75) is 24.7 Å². The Morgan fingerprint density at radius 1 is 0.969 bits per heavy atom. The summed E-state index contributed by atoms with van der Waals surface area (Å²) in [4.78, 5) is 14.8. The maximum atomic E-state index is 13.0. The van der Waals surface area contributed by atoms with Crippen molar-refractivity contribution in [3.63, 3.8) is 0 Å². The molecule has 4 rings (SSSR count). The van der Waals surface area contributed by atoms with E-state index >= 15 is 0 Å². The molecule has 7 nitrogen and oxygen atoms in total. The Morgan fingerprint density at radius 3 is 2.25 bits per heavy atom. The zero-order valence-corrected chi connectivity index (χ0v) is 19.6. The molecule has 3 aromatic rings. The summed E-state index contributed by atoms with van der Waals surface area (Å²) in [7, 11) is -3.59. The van der Waals surface area contributed by atoms with Crippen molar-refractivity contribution in [3.8, 4) is 5.69 Å². The number of para-hydroxylation sites is 1. The van der Waals surface area contributed by atoms with Gasteiger partial charge in [-0.25, -0.2) is 13.1 Å². The van der Waals surface area contributed by atoms with E-state index in [2.05, 4.69) is 18.9 Å². The highest BCUT2D eigenvalue weighted by molar-refractivity contribution is 7.89. The molecule has 2 aromatic carbocycles. The highest BCUT2D eigenvalue weighted by Gasteiger charge is 2.31. The van der Waals surface area contributed by atoms with E-state index < -0.39 is 10.0 Å². The molecule has 0 bridgehead atoms. The van der Waals surface area contributed by atoms with Gasteiger partial charge in [0.2, 0.25) is 10.0 Å². The normalized spacial score (nSPS) is 15.3. The van der Waals surface area contributed by atoms with Crippen LogP contribution >= 0.6 is 11.6 Å². The van der Waals surface area contributed by atoms with Crippen LogP contribution in [0.5, 0.6) is 0 Å². The van der Waals surface area contributed by atoms with Crippen molar-refractivity contribution in [1.29, 1.82) is 0 Å². The first-order chi connectivity index (χ1) is 15.3. The Bertz CT molecular complexity index is 1210. The lowest BCUT2D eigenvalue weighted by molar-refractivity contribution is 0.0691. The summed E-state index contributed by atoms with van der Waals surface area (Å²) in [5, 5.41) is 4.90. The van der Waals surface area contributed by atoms with Crippen molar-refractivity contribution >= 4 is 27.5 Å². The standard InChI is InChI=1S/C23H25ClN4O3S/c1-17(2)18-7-9-19(10-8-18)32(30,31)27-15-13-26(14-16-27)23(29)21-11-12-28(25-21)22-6-4-3-5-20(22)24/h3-12,17H,13-16H2,1-2H3. The molecule has 0 saturated carbocycles. The van der Waals surface area contributed by atoms with Gasteiger partial charge in [0, 0.05) is 32.4 Å². The van der Waals surface area contributed by atoms with Gasteiger partial charge in [-0.3, -0.25) is 4.79 Å². The van der Waals surface area contributed by atoms with Crippen LogP contribution in [0.1, 0.15) is 35.8 Å². The van der Waals surface area contributed by atoms with Crippen LogP contribution < -0.4 is 0 Å². The number of hydrogen-bond acceptors (Lipinski definition) is 4. The summed E-state index contributed by atoms with van der Waals surface area (Å²) >= 11 is 6.21. The van der Waals surface area contributed by atoms with E-state index in [1.165, 1.54) is 4.31 Å². The zero-order chi connectivity index (χ0) is 22.9. The van der Waals surface area contributed by atoms with Crippen molar-refractivity contribution in [1.82, 2.24) is 19.0 Å². The Hall–Kier alpha value is -2.68. The van der Waals surface area contributed by atoms with E-state index in [1.54, 1.807) is 40.0 Å². The predicted molar refractivity (Wildman–Crippen MR) is 124 cm³/mol. The minimum atomic E-state index is -3.59. The number of carbonyl (C=O) groups excluding carboxylic acids is 1. The lowest BCUT2D eigenvalue weighted by Crippen LogP contribution is -2.50. The number of carbonyl (C=O) groups is 1. The van der Waals surface area contributed by atoms with E-state index in [0.29, 0.717) is 35.4 Å². The molecule has 1 aliphatic heterocycles. The monoisotopic (exact) mass is 472 g/mol. The van der Waals surface area contributed by atoms with Crippen LogP contribution in [-0.4, -0.2) is 59.5 Å². The molecule has 0 unspecified atom stereocenters. The van der Waals surface area contributed by atoms with E-state index in [4.69, 9.17) is 11.6 Å². The molecule has 1 aromatic heterocycles. The first-order valence-electron chi connectivity index (χ1n) is 10.5. The summed E-state index contributed by atoms with van der Waals surface area (Å²) in [5.41, 5.74) is 2.08. The number of sulfonamides is 1. The topological polar surface area (TPSA) is 75.5 Å². The summed E-state index contributed by atoms with van der Waals surface area (Å²) in [6.45, 7) is 5.23. The van der Waals surface area contributed by atoms with Crippen molar-refractivity contribution in [2.24, 2.45) is 0 Å². The van der Waals surface area contributed by atoms with E-state index in [9.17, 15) is 13.2 Å². The van der Waals surface area contributed by atoms with E-state index in [1.807, 2.05) is 30.3 Å². The fourth-order valence-corrected chi connectivity index (χ4v) is 5.32. The third-order valence-electron chi connectivity index (χ3n) is 5.62. The average molecular weight is 473 g/mol. The second-order valence-electron chi connectivity index (χ2n) is 8.02. The van der Waals surface area contributed by atoms with Gasteiger partial charge in [-0.1, -0.05) is 49.7 Å². The molecule has 1 aliphatic rings. The fourth-order valence-electron chi connectivity index (χ4n) is 3.68. The van der Waals surface area contributed by atoms with Crippen LogP contribution in [-0.2, 0) is 10.0 Å². The highest BCUT2D eigenvalue weighted by atomic mass is 35.5. The van der Waals surface area contributed by atoms with Crippen LogP contribution in [0.15, 0.2) is 65.7 Å². The van der Waals surface area contributed by atoms with Gasteiger partial charge in [-0.15, -0.1) is 0 Å². The van der Waals surface area contributed by atoms with Gasteiger partial charge in [-0.2, -0.15) is 9.40 Å². The Labute approximate surface area is 193 Å². The molecule has 1 fully saturated rings. The Morgan fingerprint density at radius 2 is 1.62 bits per heavy atom. The van der Waals surface area contributed by atoms with Gasteiger partial charge in [0.05, 0.1) is 15.6 Å². The number of amides is 1. The van der Waals surface area contributed by atoms with E-state index in [-0.39, 0.29) is 23.9 Å². The first-order valence-corrected chi connectivity index (χ1v) is 12.3. The molecule has 0 N–H and O–H groups in total. The van der Waals surface area contributed by atoms with Gasteiger partial charge in [0.25, 0.3) is 5.91 Å². The minimum Gasteiger partial charge on any atom is -0.335 e. The molecule has 2 heterocycles. The SMILES string of the molecule is CC(C)c1ccc(S(=O)(=O)N2CCN(C(=O)c3ccn(-c4ccccc4Cl)n3)CC2)cc1. The third kappa shape index (κ3) is 4.44. The number of piperazine rings is 1. The van der Waals surface area contributed by atoms with Gasteiger partial charge < -0.3 is 4.90 Å². The summed E-state index contributed by atoms with van der Waals surface area (Å²) < 4.78 is 29.0. The lowest BCUT2D eigenvalue weighted by Gasteiger charge is -2.33. The molecule has 1 saturated heterocycles. The fraction of sp³-hybridized carbons (Fsp3) is 0.304. The van der Waals surface area contributed by atoms with Crippen molar-refractivity contribution in [3.05, 3.63) is 77.1 Å². The average Bonchev–Trinajstić information content (AvgIpc) is 3.29. The third-order valence-corrected chi connectivity index (χ3v) is 7.85. The molecule has 0 atom stereocenters. The van der Waals surface area contributed by atoms with Crippen molar-refractivity contribution < 1.29 is 13.2 Å². The largest absolute Gasteiger partial charge is 0.335 e. The number of halogens is 1. The zero-order valence-electron chi connectivity index (χ0n) is 18.0. The second-order valence-corrected chi connectivity index (χ2v) is 10.4. The molecule has 9 heteroatoms. The molecule has 0 aliphatic carbocycles. The van der Waals surface area contributed by atoms with Crippen LogP contribution in [0.3, 0.4) is 0 Å². The van der Waals surface area contributed by atoms with Crippen LogP contribution in [0.4, 0.5) is 0 Å². The number of nitrogens with zero attached hydrogens (tertiary/aromatic N) is 4. The number of rotatable bonds is 5. The van der Waals surface area contributed by atoms with Crippen LogP contribution in [0, 0.1) is 0 Å². The maximum Gasteiger partial charge on any atom is 0.274 e. The Kier molecular flexibility index (Phi) is 6.37. The maximum absolute atomic E-state index is 13.0. The predicted octanol–water partition coefficient (Wildman–Crippen LogP) is 3.80. The summed E-state index contributed by atoms with van der Waals surface area (Å²) in [6.07, 6.45) is 1.69. The number of aromatic nitrogens is 2. The molecule has 1 amide bonds. The second kappa shape index (κ2) is 9.05. The van der Waals surface area contributed by atoms with E-state index in [0.717, 1.165) is 5.56 Å². The molecule has 0 spiro atoms. The minimum absolute atomic E-state index is 0.228. The molecule has 168 valence electrons. The van der Waals surface area contributed by atoms with Gasteiger partial charge in [0.15, 0.2) is 5.69 Å². The molecule has 0 radical (unpaired) electrons. The van der Waals surface area contributed by atoms with Gasteiger partial charge >= 0.3 is 0 Å². The number of benzene rings is 2. The van der Waals surface area contributed by atoms with Gasteiger partial charge in [-0.05, 0) is 41.8 Å². The highest BCUT2D eigenvalue weighted by Crippen LogP contribution is 2.22. The molecular weight excluding hydrogens is 448 g/mol. The smallest absolute Gasteiger partial charge is 0.274 e. The Balaban J connectivity index is 1.42. The van der Waals surface area contributed by atoms with Crippen molar-refractivity contribution in [2.75, 3.05) is 26.2 Å². The lowest BCUT2D eigenvalue weighted by atomic mass is 10.0. The van der Waals surface area contributed by atoms with Gasteiger partial charge in [0.1, 0.15) is 0 Å². The molecular formula is C23H25ClN4O3S. The quantitative estimate of drug-likeness (QED) is 0.566. The first kappa shape index (κ1) is 22.5. The van der Waals surface area contributed by atoms with Crippen LogP contribution in [0.25, 0.3) is 5.69 Å². The van der Waals surface area contributed by atoms with Crippen LogP contribution in [0.2, 0.25) is 5.02 Å².